The van der Waals surface area contributed by atoms with Gasteiger partial charge in [0.15, 0.2) is 0 Å². The number of hydrogen-bond acceptors (Lipinski definition) is 5. The van der Waals surface area contributed by atoms with Gasteiger partial charge < -0.3 is 14.4 Å². The van der Waals surface area contributed by atoms with Gasteiger partial charge in [0.05, 0.1) is 5.56 Å². The van der Waals surface area contributed by atoms with Gasteiger partial charge >= 0.3 is 0 Å². The van der Waals surface area contributed by atoms with Gasteiger partial charge in [-0.05, 0) is 37.8 Å². The van der Waals surface area contributed by atoms with E-state index in [0.717, 1.165) is 18.4 Å². The highest BCUT2D eigenvalue weighted by atomic mass is 16.5. The largest absolute Gasteiger partial charge is 0.507 e. The number of methoxy groups -OCH3 is 1. The number of aromatic hydroxyl groups is 1. The number of ether oxygens (including phenoxy) is 1. The summed E-state index contributed by atoms with van der Waals surface area (Å²) in [6.45, 7) is 1.95. The quantitative estimate of drug-likeness (QED) is 0.915. The Labute approximate surface area is 111 Å². The van der Waals surface area contributed by atoms with Gasteiger partial charge in [-0.1, -0.05) is 16.8 Å². The van der Waals surface area contributed by atoms with Gasteiger partial charge in [-0.2, -0.15) is 4.98 Å². The molecule has 1 N–H and O–H groups in total. The summed E-state index contributed by atoms with van der Waals surface area (Å²) in [7, 11) is 1.66. The Kier molecular flexibility index (Phi) is 2.98. The molecular formula is C14H16N2O3. The molecule has 1 unspecified atom stereocenters. The highest BCUT2D eigenvalue weighted by Gasteiger charge is 2.35. The van der Waals surface area contributed by atoms with Gasteiger partial charge in [0.1, 0.15) is 11.9 Å². The van der Waals surface area contributed by atoms with Gasteiger partial charge in [0.2, 0.25) is 5.82 Å². The van der Waals surface area contributed by atoms with E-state index in [9.17, 15) is 5.11 Å². The zero-order chi connectivity index (χ0) is 13.4. The maximum absolute atomic E-state index is 9.86. The van der Waals surface area contributed by atoms with E-state index in [-0.39, 0.29) is 11.9 Å². The van der Waals surface area contributed by atoms with Crippen molar-refractivity contribution in [1.82, 2.24) is 10.1 Å². The number of nitrogens with zero attached hydrogens (tertiary/aromatic N) is 2. The van der Waals surface area contributed by atoms with Crippen LogP contribution in [0.25, 0.3) is 11.5 Å². The second-order valence-corrected chi connectivity index (χ2v) is 4.97. The van der Waals surface area contributed by atoms with Crippen molar-refractivity contribution in [3.8, 4) is 17.2 Å². The lowest BCUT2D eigenvalue weighted by Gasteiger charge is -2.08. The van der Waals surface area contributed by atoms with Crippen LogP contribution >= 0.6 is 0 Å². The predicted octanol–water partition coefficient (Wildman–Crippen LogP) is 2.85. The first-order chi connectivity index (χ1) is 9.19. The normalized spacial score (nSPS) is 16.5. The summed E-state index contributed by atoms with van der Waals surface area (Å²) >= 11 is 0. The Morgan fingerprint density at radius 3 is 2.89 bits per heavy atom. The van der Waals surface area contributed by atoms with Crippen LogP contribution in [0, 0.1) is 12.8 Å². The molecule has 19 heavy (non-hydrogen) atoms. The molecule has 0 saturated heterocycles. The topological polar surface area (TPSA) is 68.4 Å². The second-order valence-electron chi connectivity index (χ2n) is 4.97. The van der Waals surface area contributed by atoms with Crippen LogP contribution < -0.4 is 0 Å². The van der Waals surface area contributed by atoms with Crippen molar-refractivity contribution in [2.75, 3.05) is 7.11 Å². The highest BCUT2D eigenvalue weighted by Crippen LogP contribution is 2.42. The third-order valence-electron chi connectivity index (χ3n) is 3.38. The number of aryl methyl sites for hydroxylation is 1. The third-order valence-corrected chi connectivity index (χ3v) is 3.38. The lowest BCUT2D eigenvalue weighted by Crippen LogP contribution is -2.05. The molecule has 2 aromatic rings. The van der Waals surface area contributed by atoms with E-state index in [1.165, 1.54) is 0 Å². The fourth-order valence-electron chi connectivity index (χ4n) is 2.19. The minimum absolute atomic E-state index is 0.107. The van der Waals surface area contributed by atoms with E-state index in [4.69, 9.17) is 9.26 Å². The average Bonchev–Trinajstić information content (AvgIpc) is 3.11. The van der Waals surface area contributed by atoms with Gasteiger partial charge in [-0.3, -0.25) is 0 Å². The van der Waals surface area contributed by atoms with E-state index in [1.54, 1.807) is 13.2 Å². The van der Waals surface area contributed by atoms with Crippen molar-refractivity contribution < 1.29 is 14.4 Å². The summed E-state index contributed by atoms with van der Waals surface area (Å²) in [5.41, 5.74) is 1.59. The van der Waals surface area contributed by atoms with E-state index in [1.807, 2.05) is 19.1 Å². The molecular weight excluding hydrogens is 244 g/mol. The van der Waals surface area contributed by atoms with E-state index in [2.05, 4.69) is 10.1 Å². The van der Waals surface area contributed by atoms with Crippen molar-refractivity contribution in [2.24, 2.45) is 5.92 Å². The number of phenolic OH excluding ortho intramolecular Hbond substituents is 1. The van der Waals surface area contributed by atoms with Crippen molar-refractivity contribution >= 4 is 0 Å². The van der Waals surface area contributed by atoms with Gasteiger partial charge in [-0.15, -0.1) is 0 Å². The Hall–Kier alpha value is -1.88. The number of rotatable bonds is 4. The van der Waals surface area contributed by atoms with Crippen molar-refractivity contribution in [3.05, 3.63) is 29.6 Å². The van der Waals surface area contributed by atoms with Crippen molar-refractivity contribution in [2.45, 2.75) is 25.9 Å². The number of aromatic nitrogens is 2. The molecule has 1 aliphatic rings. The van der Waals surface area contributed by atoms with E-state index in [0.29, 0.717) is 23.2 Å². The molecule has 1 aliphatic carbocycles. The van der Waals surface area contributed by atoms with Crippen LogP contribution in [-0.4, -0.2) is 22.4 Å². The second kappa shape index (κ2) is 4.66. The molecule has 5 nitrogen and oxygen atoms in total. The summed E-state index contributed by atoms with van der Waals surface area (Å²) in [5.74, 6) is 1.52. The highest BCUT2D eigenvalue weighted by molar-refractivity contribution is 5.63. The maximum atomic E-state index is 9.86. The maximum Gasteiger partial charge on any atom is 0.261 e. The van der Waals surface area contributed by atoms with Crippen molar-refractivity contribution in [3.63, 3.8) is 0 Å². The minimum atomic E-state index is -0.107. The lowest BCUT2D eigenvalue weighted by atomic mass is 10.1. The molecule has 3 rings (SSSR count). The van der Waals surface area contributed by atoms with Gasteiger partial charge in [0.25, 0.3) is 5.89 Å². The molecule has 5 heteroatoms. The predicted molar refractivity (Wildman–Crippen MR) is 68.6 cm³/mol. The van der Waals surface area contributed by atoms with Crippen LogP contribution in [0.5, 0.6) is 5.75 Å². The van der Waals surface area contributed by atoms with E-state index >= 15 is 0 Å². The van der Waals surface area contributed by atoms with Crippen LogP contribution in [0.1, 0.15) is 30.3 Å². The molecule has 1 fully saturated rings. The van der Waals surface area contributed by atoms with Gasteiger partial charge in [-0.25, -0.2) is 0 Å². The van der Waals surface area contributed by atoms with Gasteiger partial charge in [0, 0.05) is 7.11 Å². The zero-order valence-electron chi connectivity index (χ0n) is 11.0. The molecule has 1 aromatic carbocycles. The Morgan fingerprint density at radius 1 is 1.42 bits per heavy atom. The van der Waals surface area contributed by atoms with E-state index < -0.39 is 0 Å². The fraction of sp³-hybridized carbons (Fsp3) is 0.429. The molecule has 0 radical (unpaired) electrons. The number of phenols is 1. The van der Waals surface area contributed by atoms with Crippen LogP contribution in [0.2, 0.25) is 0 Å². The molecule has 100 valence electrons. The Morgan fingerprint density at radius 2 is 2.21 bits per heavy atom. The molecule has 1 saturated carbocycles. The van der Waals surface area contributed by atoms with Crippen LogP contribution in [0.3, 0.4) is 0 Å². The van der Waals surface area contributed by atoms with Crippen LogP contribution in [0.4, 0.5) is 0 Å². The number of hydrogen-bond donors (Lipinski definition) is 1. The summed E-state index contributed by atoms with van der Waals surface area (Å²) in [6.07, 6.45) is 2.17. The molecule has 1 heterocycles. The molecule has 1 atom stereocenters. The monoisotopic (exact) mass is 260 g/mol. The smallest absolute Gasteiger partial charge is 0.261 e. The summed E-state index contributed by atoms with van der Waals surface area (Å²) in [4.78, 5) is 4.35. The first-order valence-corrected chi connectivity index (χ1v) is 6.35. The van der Waals surface area contributed by atoms with Crippen molar-refractivity contribution in [1.29, 1.82) is 0 Å². The SMILES string of the molecule is COC(c1noc(-c2cc(C)ccc2O)n1)C1CC1. The Balaban J connectivity index is 1.94. The summed E-state index contributed by atoms with van der Waals surface area (Å²) < 4.78 is 10.7. The molecule has 0 spiro atoms. The first kappa shape index (κ1) is 12.2. The lowest BCUT2D eigenvalue weighted by molar-refractivity contribution is 0.0751. The third kappa shape index (κ3) is 2.33. The fourth-order valence-corrected chi connectivity index (χ4v) is 2.19. The molecule has 1 aromatic heterocycles. The number of benzene rings is 1. The molecule has 0 aliphatic heterocycles. The average molecular weight is 260 g/mol. The minimum Gasteiger partial charge on any atom is -0.507 e. The zero-order valence-corrected chi connectivity index (χ0v) is 11.0. The summed E-state index contributed by atoms with van der Waals surface area (Å²) in [6, 6.07) is 5.28. The molecule has 0 bridgehead atoms. The summed E-state index contributed by atoms with van der Waals surface area (Å²) in [5, 5.41) is 13.8. The Bertz CT molecular complexity index is 590. The van der Waals surface area contributed by atoms with Crippen LogP contribution in [-0.2, 0) is 4.74 Å². The first-order valence-electron chi connectivity index (χ1n) is 6.35. The molecule has 0 amide bonds. The van der Waals surface area contributed by atoms with Crippen LogP contribution in [0.15, 0.2) is 22.7 Å². The standard InChI is InChI=1S/C14H16N2O3/c1-8-3-6-11(17)10(7-8)14-15-13(16-19-14)12(18-2)9-4-5-9/h3,6-7,9,12,17H,4-5H2,1-2H3.